The van der Waals surface area contributed by atoms with E-state index in [1.165, 1.54) is 0 Å². The van der Waals surface area contributed by atoms with Gasteiger partial charge >= 0.3 is 0 Å². The van der Waals surface area contributed by atoms with Crippen LogP contribution in [0.4, 0.5) is 0 Å². The fraction of sp³-hybridized carbons (Fsp3) is 0. The van der Waals surface area contributed by atoms with Crippen LogP contribution in [-0.2, 0) is 0 Å². The van der Waals surface area contributed by atoms with Crippen LogP contribution in [0.5, 0.6) is 0 Å². The normalized spacial score (nSPS) is 9.50. The summed E-state index contributed by atoms with van der Waals surface area (Å²) in [6.45, 7) is 0. The molecular formula is C10H8N2O4. The molecule has 1 aromatic carbocycles. The Labute approximate surface area is 90.2 Å². The summed E-state index contributed by atoms with van der Waals surface area (Å²) < 4.78 is 0. The average molecular weight is 220 g/mol. The first kappa shape index (κ1) is 11.6. The number of nitrogens with two attached hydrogens (primary N) is 2. The number of benzene rings is 1. The fourth-order valence-corrected chi connectivity index (χ4v) is 1.25. The van der Waals surface area contributed by atoms with Gasteiger partial charge in [0.05, 0.1) is 11.1 Å². The van der Waals surface area contributed by atoms with Crippen LogP contribution in [0, 0.1) is 0 Å². The number of hydrogen-bond donors (Lipinski definition) is 2. The number of carbonyl (C=O) groups excluding carboxylic acids is 4. The van der Waals surface area contributed by atoms with Crippen molar-refractivity contribution in [1.82, 2.24) is 0 Å². The molecule has 0 unspecified atom stereocenters. The minimum atomic E-state index is -0.860. The molecule has 2 amide bonds. The summed E-state index contributed by atoms with van der Waals surface area (Å²) in [4.78, 5) is 43.2. The van der Waals surface area contributed by atoms with Gasteiger partial charge in [-0.25, -0.2) is 0 Å². The zero-order valence-corrected chi connectivity index (χ0v) is 8.10. The first-order valence-electron chi connectivity index (χ1n) is 4.19. The van der Waals surface area contributed by atoms with Crippen LogP contribution in [0.1, 0.15) is 41.4 Å². The summed E-state index contributed by atoms with van der Waals surface area (Å²) in [5, 5.41) is 0. The highest BCUT2D eigenvalue weighted by Gasteiger charge is 2.15. The van der Waals surface area contributed by atoms with Gasteiger partial charge in [-0.1, -0.05) is 0 Å². The van der Waals surface area contributed by atoms with Gasteiger partial charge in [0.15, 0.2) is 12.6 Å². The maximum atomic E-state index is 11.0. The number of amides is 2. The van der Waals surface area contributed by atoms with E-state index < -0.39 is 11.8 Å². The van der Waals surface area contributed by atoms with E-state index in [-0.39, 0.29) is 22.3 Å². The molecule has 6 nitrogen and oxygen atoms in total. The Hall–Kier alpha value is -2.50. The smallest absolute Gasteiger partial charge is 0.249 e. The Morgan fingerprint density at radius 3 is 1.38 bits per heavy atom. The molecule has 0 spiro atoms. The molecule has 1 rings (SSSR count). The van der Waals surface area contributed by atoms with Gasteiger partial charge in [0.1, 0.15) is 0 Å². The Balaban J connectivity index is 3.58. The van der Waals surface area contributed by atoms with Gasteiger partial charge in [-0.15, -0.1) is 0 Å². The lowest BCUT2D eigenvalue weighted by molar-refractivity contribution is 0.0981. The van der Waals surface area contributed by atoms with E-state index in [0.717, 1.165) is 12.1 Å². The maximum Gasteiger partial charge on any atom is 0.249 e. The van der Waals surface area contributed by atoms with E-state index in [2.05, 4.69) is 0 Å². The molecule has 82 valence electrons. The predicted octanol–water partition coefficient (Wildman–Crippen LogP) is -0.491. The maximum absolute atomic E-state index is 11.0. The number of hydrogen-bond acceptors (Lipinski definition) is 4. The standard InChI is InChI=1S/C10H8N2O4/c11-9(15)7-1-5(3-13)8(10(12)16)2-6(7)4-14/h1-4H,(H2,11,15)(H2,12,16). The van der Waals surface area contributed by atoms with Gasteiger partial charge in [-0.3, -0.25) is 19.2 Å². The van der Waals surface area contributed by atoms with E-state index in [1.807, 2.05) is 0 Å². The Kier molecular flexibility index (Phi) is 3.14. The van der Waals surface area contributed by atoms with E-state index in [4.69, 9.17) is 11.5 Å². The highest BCUT2D eigenvalue weighted by atomic mass is 16.2. The molecule has 0 saturated carbocycles. The molecule has 0 aromatic heterocycles. The van der Waals surface area contributed by atoms with Crippen molar-refractivity contribution in [2.24, 2.45) is 11.5 Å². The van der Waals surface area contributed by atoms with Crippen LogP contribution in [0.3, 0.4) is 0 Å². The Morgan fingerprint density at radius 2 is 1.19 bits per heavy atom. The molecule has 0 fully saturated rings. The van der Waals surface area contributed by atoms with Crippen molar-refractivity contribution in [2.45, 2.75) is 0 Å². The molecule has 1 aromatic rings. The van der Waals surface area contributed by atoms with Gasteiger partial charge in [0.25, 0.3) is 0 Å². The Bertz CT molecular complexity index is 448. The average Bonchev–Trinajstić information content (AvgIpc) is 2.26. The molecule has 0 aliphatic heterocycles. The minimum Gasteiger partial charge on any atom is -0.366 e. The van der Waals surface area contributed by atoms with E-state index >= 15 is 0 Å². The fourth-order valence-electron chi connectivity index (χ4n) is 1.25. The van der Waals surface area contributed by atoms with Crippen molar-refractivity contribution in [3.8, 4) is 0 Å². The molecule has 0 radical (unpaired) electrons. The van der Waals surface area contributed by atoms with Crippen molar-refractivity contribution in [3.63, 3.8) is 0 Å². The quantitative estimate of drug-likeness (QED) is 0.665. The van der Waals surface area contributed by atoms with E-state index in [9.17, 15) is 19.2 Å². The highest BCUT2D eigenvalue weighted by Crippen LogP contribution is 2.14. The molecule has 0 heterocycles. The van der Waals surface area contributed by atoms with Gasteiger partial charge < -0.3 is 11.5 Å². The highest BCUT2D eigenvalue weighted by molar-refractivity contribution is 6.07. The molecule has 6 heteroatoms. The first-order chi connectivity index (χ1) is 7.51. The second kappa shape index (κ2) is 4.35. The molecule has 0 saturated heterocycles. The summed E-state index contributed by atoms with van der Waals surface area (Å²) in [7, 11) is 0. The molecular weight excluding hydrogens is 212 g/mol. The lowest BCUT2D eigenvalue weighted by Crippen LogP contribution is -2.19. The van der Waals surface area contributed by atoms with Crippen molar-refractivity contribution < 1.29 is 19.2 Å². The molecule has 0 atom stereocenters. The third-order valence-corrected chi connectivity index (χ3v) is 2.01. The predicted molar refractivity (Wildman–Crippen MR) is 54.3 cm³/mol. The van der Waals surface area contributed by atoms with Crippen LogP contribution < -0.4 is 11.5 Å². The number of primary amides is 2. The molecule has 16 heavy (non-hydrogen) atoms. The second-order valence-corrected chi connectivity index (χ2v) is 2.99. The summed E-state index contributed by atoms with van der Waals surface area (Å²) >= 11 is 0. The second-order valence-electron chi connectivity index (χ2n) is 2.99. The number of aldehydes is 2. The third-order valence-electron chi connectivity index (χ3n) is 2.01. The van der Waals surface area contributed by atoms with Crippen LogP contribution in [0.2, 0.25) is 0 Å². The van der Waals surface area contributed by atoms with E-state index in [0.29, 0.717) is 12.6 Å². The zero-order valence-electron chi connectivity index (χ0n) is 8.10. The molecule has 0 bridgehead atoms. The first-order valence-corrected chi connectivity index (χ1v) is 4.19. The topological polar surface area (TPSA) is 120 Å². The summed E-state index contributed by atoms with van der Waals surface area (Å²) in [6.07, 6.45) is 0.724. The van der Waals surface area contributed by atoms with Crippen LogP contribution in [0.15, 0.2) is 12.1 Å². The van der Waals surface area contributed by atoms with Crippen LogP contribution in [-0.4, -0.2) is 24.4 Å². The van der Waals surface area contributed by atoms with Gasteiger partial charge in [-0.2, -0.15) is 0 Å². The third kappa shape index (κ3) is 1.95. The lowest BCUT2D eigenvalue weighted by Gasteiger charge is -2.05. The molecule has 0 aliphatic rings. The van der Waals surface area contributed by atoms with Crippen molar-refractivity contribution >= 4 is 24.4 Å². The van der Waals surface area contributed by atoms with Gasteiger partial charge in [-0.05, 0) is 12.1 Å². The van der Waals surface area contributed by atoms with Crippen LogP contribution in [0.25, 0.3) is 0 Å². The molecule has 4 N–H and O–H groups in total. The monoisotopic (exact) mass is 220 g/mol. The van der Waals surface area contributed by atoms with Crippen molar-refractivity contribution in [2.75, 3.05) is 0 Å². The summed E-state index contributed by atoms with van der Waals surface area (Å²) in [6, 6.07) is 2.14. The summed E-state index contributed by atoms with van der Waals surface area (Å²) in [5.74, 6) is -1.72. The lowest BCUT2D eigenvalue weighted by atomic mass is 9.99. The largest absolute Gasteiger partial charge is 0.366 e. The van der Waals surface area contributed by atoms with Crippen molar-refractivity contribution in [3.05, 3.63) is 34.4 Å². The van der Waals surface area contributed by atoms with Gasteiger partial charge in [0, 0.05) is 11.1 Å². The number of rotatable bonds is 4. The van der Waals surface area contributed by atoms with Crippen LogP contribution >= 0.6 is 0 Å². The van der Waals surface area contributed by atoms with E-state index in [1.54, 1.807) is 0 Å². The minimum absolute atomic E-state index is 0.0769. The zero-order chi connectivity index (χ0) is 12.3. The molecule has 0 aliphatic carbocycles. The SMILES string of the molecule is NC(=O)c1cc(C=O)c(C(N)=O)cc1C=O. The Morgan fingerprint density at radius 1 is 0.875 bits per heavy atom. The van der Waals surface area contributed by atoms with Gasteiger partial charge in [0.2, 0.25) is 11.8 Å². The number of carbonyl (C=O) groups is 4. The summed E-state index contributed by atoms with van der Waals surface area (Å²) in [5.41, 5.74) is 9.62. The van der Waals surface area contributed by atoms with Crippen molar-refractivity contribution in [1.29, 1.82) is 0 Å².